The molecular weight excluding hydrogens is 162 g/mol. The summed E-state index contributed by atoms with van der Waals surface area (Å²) in [4.78, 5) is 0. The molecule has 0 unspecified atom stereocenters. The van der Waals surface area contributed by atoms with Crippen molar-refractivity contribution in [1.29, 1.82) is 0 Å². The van der Waals surface area contributed by atoms with Crippen LogP contribution < -0.4 is 0 Å². The van der Waals surface area contributed by atoms with E-state index in [1.165, 1.54) is 0 Å². The molecular formula is C7H14NO2S. The first-order chi connectivity index (χ1) is 5.17. The van der Waals surface area contributed by atoms with Crippen LogP contribution in [0.4, 0.5) is 0 Å². The lowest BCUT2D eigenvalue weighted by Crippen LogP contribution is -2.36. The van der Waals surface area contributed by atoms with Crippen LogP contribution in [0.25, 0.3) is 0 Å². The number of nitrogens with zero attached hydrogens (tertiary/aromatic N) is 1. The van der Waals surface area contributed by atoms with Crippen molar-refractivity contribution in [1.82, 2.24) is 4.31 Å². The van der Waals surface area contributed by atoms with Gasteiger partial charge in [0.1, 0.15) is 0 Å². The monoisotopic (exact) mass is 176 g/mol. The van der Waals surface area contributed by atoms with E-state index < -0.39 is 10.0 Å². The molecule has 0 amide bonds. The SMILES string of the molecule is [CH2]CS(=O)(=O)N1CCCCC1. The highest BCUT2D eigenvalue weighted by atomic mass is 32.2. The molecule has 3 nitrogen and oxygen atoms in total. The van der Waals surface area contributed by atoms with E-state index in [0.717, 1.165) is 19.3 Å². The average Bonchev–Trinajstić information content (AvgIpc) is 2.06. The minimum Gasteiger partial charge on any atom is -0.212 e. The van der Waals surface area contributed by atoms with Crippen LogP contribution in [0.2, 0.25) is 0 Å². The molecule has 1 aliphatic rings. The van der Waals surface area contributed by atoms with E-state index in [1.807, 2.05) is 0 Å². The first kappa shape index (κ1) is 9.00. The van der Waals surface area contributed by atoms with Gasteiger partial charge in [0.15, 0.2) is 0 Å². The van der Waals surface area contributed by atoms with Gasteiger partial charge in [0.25, 0.3) is 0 Å². The molecule has 1 aliphatic heterocycles. The molecule has 1 radical (unpaired) electrons. The van der Waals surface area contributed by atoms with Gasteiger partial charge in [0.05, 0.1) is 5.75 Å². The summed E-state index contributed by atoms with van der Waals surface area (Å²) in [5.41, 5.74) is 0. The lowest BCUT2D eigenvalue weighted by Gasteiger charge is -2.24. The number of hydrogen-bond donors (Lipinski definition) is 0. The zero-order chi connectivity index (χ0) is 8.32. The molecule has 11 heavy (non-hydrogen) atoms. The molecule has 0 aliphatic carbocycles. The van der Waals surface area contributed by atoms with Crippen molar-refractivity contribution in [3.05, 3.63) is 6.92 Å². The number of rotatable bonds is 2. The fourth-order valence-electron chi connectivity index (χ4n) is 1.27. The van der Waals surface area contributed by atoms with E-state index in [4.69, 9.17) is 0 Å². The molecule has 0 bridgehead atoms. The summed E-state index contributed by atoms with van der Waals surface area (Å²) < 4.78 is 24.0. The maximum Gasteiger partial charge on any atom is 0.214 e. The van der Waals surface area contributed by atoms with Gasteiger partial charge in [0, 0.05) is 13.1 Å². The van der Waals surface area contributed by atoms with Gasteiger partial charge in [-0.3, -0.25) is 0 Å². The van der Waals surface area contributed by atoms with Crippen molar-refractivity contribution < 1.29 is 8.42 Å². The zero-order valence-electron chi connectivity index (χ0n) is 6.62. The first-order valence-electron chi connectivity index (χ1n) is 3.94. The van der Waals surface area contributed by atoms with Crippen molar-refractivity contribution >= 4 is 10.0 Å². The lowest BCUT2D eigenvalue weighted by molar-refractivity contribution is 0.348. The highest BCUT2D eigenvalue weighted by Gasteiger charge is 2.21. The van der Waals surface area contributed by atoms with Crippen LogP contribution in [0.15, 0.2) is 0 Å². The molecule has 1 fully saturated rings. The van der Waals surface area contributed by atoms with Crippen LogP contribution in [0, 0.1) is 6.92 Å². The van der Waals surface area contributed by atoms with Crippen molar-refractivity contribution in [2.24, 2.45) is 0 Å². The van der Waals surface area contributed by atoms with Gasteiger partial charge in [-0.1, -0.05) is 6.42 Å². The Morgan fingerprint density at radius 3 is 2.18 bits per heavy atom. The average molecular weight is 176 g/mol. The van der Waals surface area contributed by atoms with Gasteiger partial charge in [0.2, 0.25) is 10.0 Å². The van der Waals surface area contributed by atoms with Crippen LogP contribution in [0.5, 0.6) is 0 Å². The maximum absolute atomic E-state index is 11.2. The summed E-state index contributed by atoms with van der Waals surface area (Å²) in [6.45, 7) is 4.79. The van der Waals surface area contributed by atoms with Crippen LogP contribution in [0.3, 0.4) is 0 Å². The van der Waals surface area contributed by atoms with Crippen molar-refractivity contribution in [3.8, 4) is 0 Å². The van der Waals surface area contributed by atoms with Crippen LogP contribution in [-0.4, -0.2) is 31.6 Å². The second kappa shape index (κ2) is 3.54. The highest BCUT2D eigenvalue weighted by molar-refractivity contribution is 7.89. The van der Waals surface area contributed by atoms with Crippen molar-refractivity contribution in [2.75, 3.05) is 18.8 Å². The molecule has 1 heterocycles. The maximum atomic E-state index is 11.2. The number of sulfonamides is 1. The third-order valence-electron chi connectivity index (χ3n) is 1.97. The van der Waals surface area contributed by atoms with E-state index >= 15 is 0 Å². The molecule has 4 heteroatoms. The summed E-state index contributed by atoms with van der Waals surface area (Å²) in [5, 5.41) is 0. The van der Waals surface area contributed by atoms with Crippen LogP contribution >= 0.6 is 0 Å². The van der Waals surface area contributed by atoms with Crippen molar-refractivity contribution in [3.63, 3.8) is 0 Å². The summed E-state index contributed by atoms with van der Waals surface area (Å²) in [5.74, 6) is -0.00694. The quantitative estimate of drug-likeness (QED) is 0.619. The van der Waals surface area contributed by atoms with Gasteiger partial charge >= 0.3 is 0 Å². The summed E-state index contributed by atoms with van der Waals surface area (Å²) >= 11 is 0. The van der Waals surface area contributed by atoms with E-state index in [0.29, 0.717) is 13.1 Å². The fraction of sp³-hybridized carbons (Fsp3) is 0.857. The predicted octanol–water partition coefficient (Wildman–Crippen LogP) is 0.636. The highest BCUT2D eigenvalue weighted by Crippen LogP contribution is 2.12. The Bertz CT molecular complexity index is 204. The second-order valence-electron chi connectivity index (χ2n) is 2.78. The van der Waals surface area contributed by atoms with E-state index in [-0.39, 0.29) is 5.75 Å². The summed E-state index contributed by atoms with van der Waals surface area (Å²) in [6, 6.07) is 0. The van der Waals surface area contributed by atoms with Gasteiger partial charge in [-0.05, 0) is 19.8 Å². The normalized spacial score (nSPS) is 21.9. The summed E-state index contributed by atoms with van der Waals surface area (Å²) in [7, 11) is -3.00. The van der Waals surface area contributed by atoms with E-state index in [9.17, 15) is 8.42 Å². The lowest BCUT2D eigenvalue weighted by atomic mass is 10.2. The molecule has 0 N–H and O–H groups in total. The Labute approximate surface area is 68.4 Å². The minimum atomic E-state index is -3.00. The molecule has 65 valence electrons. The zero-order valence-corrected chi connectivity index (χ0v) is 7.44. The van der Waals surface area contributed by atoms with E-state index in [1.54, 1.807) is 4.31 Å². The number of piperidine rings is 1. The largest absolute Gasteiger partial charge is 0.214 e. The second-order valence-corrected chi connectivity index (χ2v) is 4.86. The molecule has 0 aromatic carbocycles. The third-order valence-corrected chi connectivity index (χ3v) is 3.63. The third kappa shape index (κ3) is 2.17. The fourth-order valence-corrected chi connectivity index (χ4v) is 2.34. The Hall–Kier alpha value is -0.0900. The molecule has 0 spiro atoms. The standard InChI is InChI=1S/C7H14NO2S/c1-2-11(9,10)8-6-4-3-5-7-8/h1-7H2. The topological polar surface area (TPSA) is 37.4 Å². The van der Waals surface area contributed by atoms with E-state index in [2.05, 4.69) is 6.92 Å². The molecule has 0 atom stereocenters. The van der Waals surface area contributed by atoms with Crippen molar-refractivity contribution in [2.45, 2.75) is 19.3 Å². The van der Waals surface area contributed by atoms with Gasteiger partial charge < -0.3 is 0 Å². The van der Waals surface area contributed by atoms with Gasteiger partial charge in [-0.15, -0.1) is 0 Å². The Balaban J connectivity index is 2.58. The Morgan fingerprint density at radius 1 is 1.18 bits per heavy atom. The molecule has 1 saturated heterocycles. The minimum absolute atomic E-state index is 0.00694. The van der Waals surface area contributed by atoms with Gasteiger partial charge in [-0.2, -0.15) is 0 Å². The smallest absolute Gasteiger partial charge is 0.212 e. The van der Waals surface area contributed by atoms with Crippen LogP contribution in [0.1, 0.15) is 19.3 Å². The molecule has 0 aromatic heterocycles. The summed E-state index contributed by atoms with van der Waals surface area (Å²) in [6.07, 6.45) is 3.15. The Morgan fingerprint density at radius 2 is 1.73 bits per heavy atom. The molecule has 0 aromatic rings. The Kier molecular flexibility index (Phi) is 2.90. The predicted molar refractivity (Wildman–Crippen MR) is 44.6 cm³/mol. The first-order valence-corrected chi connectivity index (χ1v) is 5.55. The van der Waals surface area contributed by atoms with Crippen LogP contribution in [-0.2, 0) is 10.0 Å². The molecule has 0 saturated carbocycles. The van der Waals surface area contributed by atoms with Gasteiger partial charge in [-0.25, -0.2) is 12.7 Å². The number of hydrogen-bond acceptors (Lipinski definition) is 2. The molecule has 1 rings (SSSR count).